The maximum Gasteiger partial charge on any atom is 0.0451 e. The molecule has 1 atom stereocenters. The number of hydrogen-bond acceptors (Lipinski definition) is 2. The van der Waals surface area contributed by atoms with Crippen molar-refractivity contribution in [1.29, 1.82) is 0 Å². The zero-order valence-corrected chi connectivity index (χ0v) is 13.3. The number of hydrogen-bond donors (Lipinski definition) is 1. The Hall–Kier alpha value is -0.860. The number of nitrogens with zero attached hydrogens (tertiary/aromatic N) is 1. The van der Waals surface area contributed by atoms with Crippen LogP contribution < -0.4 is 5.32 Å². The molecule has 0 aliphatic rings. The molecule has 19 heavy (non-hydrogen) atoms. The molecule has 1 N–H and O–H groups in total. The maximum absolute atomic E-state index is 3.70. The van der Waals surface area contributed by atoms with Crippen LogP contribution in [0.4, 0.5) is 0 Å². The second-order valence-electron chi connectivity index (χ2n) is 5.35. The smallest absolute Gasteiger partial charge is 0.0451 e. The van der Waals surface area contributed by atoms with Crippen LogP contribution in [0.2, 0.25) is 0 Å². The van der Waals surface area contributed by atoms with Gasteiger partial charge in [-0.2, -0.15) is 0 Å². The van der Waals surface area contributed by atoms with Crippen molar-refractivity contribution in [2.75, 3.05) is 26.2 Å². The first-order chi connectivity index (χ1) is 9.12. The van der Waals surface area contributed by atoms with Crippen LogP contribution in [0.5, 0.6) is 0 Å². The molecule has 108 valence electrons. The van der Waals surface area contributed by atoms with Gasteiger partial charge in [-0.1, -0.05) is 44.5 Å². The van der Waals surface area contributed by atoms with Gasteiger partial charge in [-0.3, -0.25) is 0 Å². The maximum atomic E-state index is 3.70. The van der Waals surface area contributed by atoms with Crippen LogP contribution in [0.15, 0.2) is 18.2 Å². The summed E-state index contributed by atoms with van der Waals surface area (Å²) in [6, 6.07) is 7.26. The Morgan fingerprint density at radius 3 is 2.32 bits per heavy atom. The van der Waals surface area contributed by atoms with Gasteiger partial charge in [0.1, 0.15) is 0 Å². The lowest BCUT2D eigenvalue weighted by Gasteiger charge is -2.27. The fourth-order valence-corrected chi connectivity index (χ4v) is 2.55. The van der Waals surface area contributed by atoms with Crippen molar-refractivity contribution in [2.45, 2.75) is 47.1 Å². The largest absolute Gasteiger partial charge is 0.309 e. The van der Waals surface area contributed by atoms with Crippen LogP contribution in [0.1, 0.15) is 49.9 Å². The third-order valence-electron chi connectivity index (χ3n) is 3.78. The molecule has 1 rings (SSSR count). The van der Waals surface area contributed by atoms with Gasteiger partial charge in [0.15, 0.2) is 0 Å². The van der Waals surface area contributed by atoms with Gasteiger partial charge < -0.3 is 10.2 Å². The van der Waals surface area contributed by atoms with Gasteiger partial charge in [0.25, 0.3) is 0 Å². The topological polar surface area (TPSA) is 15.3 Å². The molecule has 0 aliphatic carbocycles. The molecule has 1 aromatic rings. The summed E-state index contributed by atoms with van der Waals surface area (Å²) < 4.78 is 0. The van der Waals surface area contributed by atoms with E-state index in [2.05, 4.69) is 63.0 Å². The van der Waals surface area contributed by atoms with E-state index < -0.39 is 0 Å². The summed E-state index contributed by atoms with van der Waals surface area (Å²) >= 11 is 0. The van der Waals surface area contributed by atoms with E-state index in [1.807, 2.05) is 0 Å². The Balaban J connectivity index is 2.88. The predicted octanol–water partition coefficient (Wildman–Crippen LogP) is 3.69. The Labute approximate surface area is 119 Å². The van der Waals surface area contributed by atoms with E-state index in [1.54, 1.807) is 0 Å². The third-order valence-corrected chi connectivity index (χ3v) is 3.78. The average molecular weight is 262 g/mol. The molecule has 0 aliphatic heterocycles. The highest BCUT2D eigenvalue weighted by Gasteiger charge is 2.15. The minimum atomic E-state index is 0.445. The van der Waals surface area contributed by atoms with Gasteiger partial charge in [-0.15, -0.1) is 0 Å². The number of rotatable bonds is 8. The molecule has 1 aromatic carbocycles. The zero-order valence-electron chi connectivity index (χ0n) is 13.3. The molecule has 2 heteroatoms. The Bertz CT molecular complexity index is 370. The summed E-state index contributed by atoms with van der Waals surface area (Å²) in [7, 11) is 0. The molecule has 0 aromatic heterocycles. The number of nitrogens with one attached hydrogen (secondary N) is 1. The van der Waals surface area contributed by atoms with E-state index in [0.717, 1.165) is 26.2 Å². The third kappa shape index (κ3) is 4.96. The first-order valence-electron chi connectivity index (χ1n) is 7.65. The fourth-order valence-electron chi connectivity index (χ4n) is 2.55. The minimum Gasteiger partial charge on any atom is -0.309 e. The Kier molecular flexibility index (Phi) is 7.11. The van der Waals surface area contributed by atoms with Gasteiger partial charge in [-0.25, -0.2) is 0 Å². The van der Waals surface area contributed by atoms with Crippen molar-refractivity contribution < 1.29 is 0 Å². The van der Waals surface area contributed by atoms with Crippen molar-refractivity contribution >= 4 is 0 Å². The molecule has 0 amide bonds. The second-order valence-corrected chi connectivity index (χ2v) is 5.35. The molecule has 0 bridgehead atoms. The molecule has 0 heterocycles. The standard InChI is InChI=1S/C17H30N2/c1-6-11-18-17(13-19(7-2)8-3)16-10-9-14(4)12-15(16)5/h9-10,12,17-18H,6-8,11,13H2,1-5H3. The van der Waals surface area contributed by atoms with E-state index in [0.29, 0.717) is 6.04 Å². The monoisotopic (exact) mass is 262 g/mol. The van der Waals surface area contributed by atoms with Crippen molar-refractivity contribution in [3.63, 3.8) is 0 Å². The predicted molar refractivity (Wildman–Crippen MR) is 84.7 cm³/mol. The van der Waals surface area contributed by atoms with Crippen molar-refractivity contribution in [1.82, 2.24) is 10.2 Å². The molecule has 1 unspecified atom stereocenters. The van der Waals surface area contributed by atoms with E-state index in [-0.39, 0.29) is 0 Å². The normalized spacial score (nSPS) is 12.9. The van der Waals surface area contributed by atoms with E-state index in [4.69, 9.17) is 0 Å². The highest BCUT2D eigenvalue weighted by molar-refractivity contribution is 5.33. The molecule has 0 fully saturated rings. The molecule has 0 spiro atoms. The summed E-state index contributed by atoms with van der Waals surface area (Å²) in [6.07, 6.45) is 1.18. The summed E-state index contributed by atoms with van der Waals surface area (Å²) in [4.78, 5) is 2.49. The lowest BCUT2D eigenvalue weighted by atomic mass is 9.98. The van der Waals surface area contributed by atoms with Crippen LogP contribution in [0.3, 0.4) is 0 Å². The highest BCUT2D eigenvalue weighted by atomic mass is 15.1. The fraction of sp³-hybridized carbons (Fsp3) is 0.647. The Morgan fingerprint density at radius 2 is 1.79 bits per heavy atom. The van der Waals surface area contributed by atoms with Crippen molar-refractivity contribution in [3.05, 3.63) is 34.9 Å². The average Bonchev–Trinajstić information content (AvgIpc) is 2.40. The summed E-state index contributed by atoms with van der Waals surface area (Å²) in [6.45, 7) is 15.5. The summed E-state index contributed by atoms with van der Waals surface area (Å²) in [5.74, 6) is 0. The quantitative estimate of drug-likeness (QED) is 0.768. The van der Waals surface area contributed by atoms with Crippen LogP contribution >= 0.6 is 0 Å². The first kappa shape index (κ1) is 16.2. The van der Waals surface area contributed by atoms with Gasteiger partial charge in [0.05, 0.1) is 0 Å². The lowest BCUT2D eigenvalue weighted by molar-refractivity contribution is 0.265. The molecule has 0 radical (unpaired) electrons. The minimum absolute atomic E-state index is 0.445. The number of aryl methyl sites for hydroxylation is 2. The van der Waals surface area contributed by atoms with Crippen molar-refractivity contribution in [3.8, 4) is 0 Å². The number of benzene rings is 1. The van der Waals surface area contributed by atoms with Gasteiger partial charge in [-0.05, 0) is 51.0 Å². The van der Waals surface area contributed by atoms with Gasteiger partial charge in [0.2, 0.25) is 0 Å². The highest BCUT2D eigenvalue weighted by Crippen LogP contribution is 2.20. The first-order valence-corrected chi connectivity index (χ1v) is 7.65. The van der Waals surface area contributed by atoms with E-state index in [1.165, 1.54) is 23.1 Å². The second kappa shape index (κ2) is 8.34. The van der Waals surface area contributed by atoms with Crippen LogP contribution in [-0.4, -0.2) is 31.1 Å². The Morgan fingerprint density at radius 1 is 1.11 bits per heavy atom. The molecular formula is C17H30N2. The van der Waals surface area contributed by atoms with Gasteiger partial charge in [0, 0.05) is 12.6 Å². The molecule has 2 nitrogen and oxygen atoms in total. The van der Waals surface area contributed by atoms with Gasteiger partial charge >= 0.3 is 0 Å². The van der Waals surface area contributed by atoms with E-state index in [9.17, 15) is 0 Å². The van der Waals surface area contributed by atoms with Crippen LogP contribution in [0, 0.1) is 13.8 Å². The van der Waals surface area contributed by atoms with E-state index >= 15 is 0 Å². The number of likely N-dealkylation sites (N-methyl/N-ethyl adjacent to an activating group) is 1. The van der Waals surface area contributed by atoms with Crippen LogP contribution in [0.25, 0.3) is 0 Å². The molecule has 0 saturated heterocycles. The molecule has 0 saturated carbocycles. The van der Waals surface area contributed by atoms with Crippen LogP contribution in [-0.2, 0) is 0 Å². The van der Waals surface area contributed by atoms with Crippen molar-refractivity contribution in [2.24, 2.45) is 0 Å². The summed E-state index contributed by atoms with van der Waals surface area (Å²) in [5, 5.41) is 3.70. The zero-order chi connectivity index (χ0) is 14.3. The SMILES string of the molecule is CCCNC(CN(CC)CC)c1ccc(C)cc1C. The summed E-state index contributed by atoms with van der Waals surface area (Å²) in [5.41, 5.74) is 4.20. The molecular weight excluding hydrogens is 232 g/mol. The lowest BCUT2D eigenvalue weighted by Crippen LogP contribution is -2.35.